The normalized spacial score (nSPS) is 14.2. The average molecular weight is 780 g/mol. The quantitative estimate of drug-likeness (QED) is 0.0279. The zero-order chi connectivity index (χ0) is 39.8. The fourth-order valence-electron chi connectivity index (χ4n) is 6.60. The van der Waals surface area contributed by atoms with Gasteiger partial charge in [-0.05, 0) is 70.6 Å². The highest BCUT2D eigenvalue weighted by Crippen LogP contribution is 2.14. The van der Waals surface area contributed by atoms with Gasteiger partial charge in [-0.3, -0.25) is 9.35 Å². The van der Waals surface area contributed by atoms with Crippen LogP contribution >= 0.6 is 0 Å². The first kappa shape index (κ1) is 52.3. The molecule has 0 spiro atoms. The van der Waals surface area contributed by atoms with Crippen LogP contribution < -0.4 is 5.32 Å². The second-order valence-corrected chi connectivity index (χ2v) is 16.9. The van der Waals surface area contributed by atoms with E-state index in [1.165, 1.54) is 134 Å². The van der Waals surface area contributed by atoms with E-state index < -0.39 is 40.0 Å². The van der Waals surface area contributed by atoms with E-state index in [0.717, 1.165) is 51.4 Å². The van der Waals surface area contributed by atoms with Crippen LogP contribution in [0.25, 0.3) is 0 Å². The molecule has 0 saturated carbocycles. The lowest BCUT2D eigenvalue weighted by Gasteiger charge is -2.22. The van der Waals surface area contributed by atoms with Gasteiger partial charge in [-0.25, -0.2) is 0 Å². The number of carbonyl (C=O) groups excluding carboxylic acids is 1. The summed E-state index contributed by atoms with van der Waals surface area (Å²) >= 11 is 0. The van der Waals surface area contributed by atoms with E-state index in [2.05, 4.69) is 55.6 Å². The maximum absolute atomic E-state index is 12.6. The number of carbonyl (C=O) groups is 1. The minimum Gasteiger partial charge on any atom is -0.387 e. The van der Waals surface area contributed by atoms with Crippen LogP contribution in [0.1, 0.15) is 213 Å². The van der Waals surface area contributed by atoms with Gasteiger partial charge in [-0.2, -0.15) is 8.42 Å². The van der Waals surface area contributed by atoms with Gasteiger partial charge in [0.05, 0.1) is 17.9 Å². The van der Waals surface area contributed by atoms with Gasteiger partial charge in [0.25, 0.3) is 10.1 Å². The van der Waals surface area contributed by atoms with E-state index in [1.807, 2.05) is 0 Å². The number of aliphatic hydroxyl groups excluding tert-OH is 2. The number of rotatable bonds is 40. The SMILES string of the molecule is CCCCCCCC/C=C\CCCCCCCCC(O)C(=O)NC(CS(=O)(=O)O)C(O)/C=C/CC/C=C/CC/C=C/CCCCCCCCCCCCC. The first-order valence-corrected chi connectivity index (χ1v) is 24.1. The van der Waals surface area contributed by atoms with Crippen molar-refractivity contribution >= 4 is 16.0 Å². The predicted molar refractivity (Wildman–Crippen MR) is 231 cm³/mol. The van der Waals surface area contributed by atoms with Gasteiger partial charge in [-0.15, -0.1) is 0 Å². The van der Waals surface area contributed by atoms with Crippen molar-refractivity contribution in [3.05, 3.63) is 48.6 Å². The Morgan fingerprint density at radius 3 is 1.22 bits per heavy atom. The van der Waals surface area contributed by atoms with E-state index in [4.69, 9.17) is 0 Å². The molecule has 0 radical (unpaired) electrons. The molecule has 3 unspecified atom stereocenters. The third-order valence-corrected chi connectivity index (χ3v) is 10.8. The van der Waals surface area contributed by atoms with Gasteiger partial charge < -0.3 is 15.5 Å². The maximum atomic E-state index is 12.6. The Bertz CT molecular complexity index is 1050. The number of allylic oxidation sites excluding steroid dienone is 7. The Balaban J connectivity index is 4.08. The summed E-state index contributed by atoms with van der Waals surface area (Å²) < 4.78 is 32.6. The molecule has 0 saturated heterocycles. The molecular weight excluding hydrogens is 695 g/mol. The molecule has 0 aliphatic rings. The molecule has 0 rings (SSSR count). The summed E-state index contributed by atoms with van der Waals surface area (Å²) in [5, 5.41) is 23.4. The highest BCUT2D eigenvalue weighted by molar-refractivity contribution is 7.85. The van der Waals surface area contributed by atoms with Crippen LogP contribution in [-0.4, -0.2) is 53.1 Å². The first-order chi connectivity index (χ1) is 26.2. The van der Waals surface area contributed by atoms with Crippen LogP contribution in [0.2, 0.25) is 0 Å². The number of hydrogen-bond acceptors (Lipinski definition) is 5. The topological polar surface area (TPSA) is 124 Å². The minimum atomic E-state index is -4.46. The zero-order valence-electron chi connectivity index (χ0n) is 35.0. The summed E-state index contributed by atoms with van der Waals surface area (Å²) in [4.78, 5) is 12.6. The lowest BCUT2D eigenvalue weighted by molar-refractivity contribution is -0.130. The molecule has 3 atom stereocenters. The van der Waals surface area contributed by atoms with Crippen LogP contribution in [0.3, 0.4) is 0 Å². The standard InChI is InChI=1S/C46H85NO6S/c1-3-5-7-9-11-13-15-17-19-21-22-23-24-25-27-28-30-32-34-36-38-40-44(48)43(42-54(51,52)53)47-46(50)45(49)41-39-37-35-33-31-29-26-20-18-16-14-12-10-8-6-4-2/h18,20,24-25,30,32,38,40,43-45,48-49H,3-17,19,21-23,26-29,31,33-37,39,41-42H2,1-2H3,(H,47,50)(H,51,52,53)/b20-18-,25-24+,32-30+,40-38+. The molecule has 0 aliphatic heterocycles. The van der Waals surface area contributed by atoms with Crippen molar-refractivity contribution in [3.8, 4) is 0 Å². The van der Waals surface area contributed by atoms with Crippen LogP contribution in [-0.2, 0) is 14.9 Å². The lowest BCUT2D eigenvalue weighted by atomic mass is 10.0. The summed E-state index contributed by atoms with van der Waals surface area (Å²) in [5.41, 5.74) is 0. The number of nitrogens with one attached hydrogen (secondary N) is 1. The molecule has 4 N–H and O–H groups in total. The van der Waals surface area contributed by atoms with Crippen molar-refractivity contribution in [2.45, 2.75) is 231 Å². The fourth-order valence-corrected chi connectivity index (χ4v) is 7.33. The summed E-state index contributed by atoms with van der Waals surface area (Å²) in [6.45, 7) is 4.51. The number of hydrogen-bond donors (Lipinski definition) is 4. The van der Waals surface area contributed by atoms with E-state index in [0.29, 0.717) is 12.8 Å². The third-order valence-electron chi connectivity index (χ3n) is 10.1. The summed E-state index contributed by atoms with van der Waals surface area (Å²) in [6, 6.07) is -1.26. The smallest absolute Gasteiger partial charge is 0.267 e. The van der Waals surface area contributed by atoms with Crippen molar-refractivity contribution in [1.82, 2.24) is 5.32 Å². The van der Waals surface area contributed by atoms with Gasteiger partial charge in [0.1, 0.15) is 6.10 Å². The number of amides is 1. The largest absolute Gasteiger partial charge is 0.387 e. The second-order valence-electron chi connectivity index (χ2n) is 15.4. The molecule has 0 aromatic rings. The van der Waals surface area contributed by atoms with Gasteiger partial charge in [0.15, 0.2) is 0 Å². The summed E-state index contributed by atoms with van der Waals surface area (Å²) in [6.07, 6.45) is 50.3. The van der Waals surface area contributed by atoms with E-state index >= 15 is 0 Å². The Kier molecular flexibility index (Phi) is 38.2. The maximum Gasteiger partial charge on any atom is 0.267 e. The van der Waals surface area contributed by atoms with Crippen LogP contribution in [0.4, 0.5) is 0 Å². The molecule has 0 aliphatic carbocycles. The molecule has 1 amide bonds. The van der Waals surface area contributed by atoms with Crippen molar-refractivity contribution in [2.24, 2.45) is 0 Å². The van der Waals surface area contributed by atoms with Gasteiger partial charge in [0.2, 0.25) is 5.91 Å². The highest BCUT2D eigenvalue weighted by Gasteiger charge is 2.27. The predicted octanol–water partition coefficient (Wildman–Crippen LogP) is 12.4. The van der Waals surface area contributed by atoms with Crippen molar-refractivity contribution in [1.29, 1.82) is 0 Å². The molecule has 7 nitrogen and oxygen atoms in total. The van der Waals surface area contributed by atoms with Crippen LogP contribution in [0, 0.1) is 0 Å². The van der Waals surface area contributed by atoms with Gasteiger partial charge in [-0.1, -0.05) is 191 Å². The molecule has 0 fully saturated rings. The van der Waals surface area contributed by atoms with E-state index in [1.54, 1.807) is 6.08 Å². The minimum absolute atomic E-state index is 0.263. The van der Waals surface area contributed by atoms with Crippen LogP contribution in [0.15, 0.2) is 48.6 Å². The fraction of sp³-hybridized carbons (Fsp3) is 0.804. The second kappa shape index (κ2) is 39.5. The molecule has 0 bridgehead atoms. The molecule has 8 heteroatoms. The zero-order valence-corrected chi connectivity index (χ0v) is 35.8. The molecule has 0 aromatic carbocycles. The van der Waals surface area contributed by atoms with Crippen LogP contribution in [0.5, 0.6) is 0 Å². The number of aliphatic hydroxyl groups is 2. The molecule has 54 heavy (non-hydrogen) atoms. The Hall–Kier alpha value is -1.74. The average Bonchev–Trinajstić information content (AvgIpc) is 3.14. The lowest BCUT2D eigenvalue weighted by Crippen LogP contribution is -2.50. The number of unbranched alkanes of at least 4 members (excludes halogenated alkanes) is 25. The first-order valence-electron chi connectivity index (χ1n) is 22.4. The monoisotopic (exact) mass is 780 g/mol. The van der Waals surface area contributed by atoms with Gasteiger partial charge >= 0.3 is 0 Å². The van der Waals surface area contributed by atoms with Crippen molar-refractivity contribution in [3.63, 3.8) is 0 Å². The van der Waals surface area contributed by atoms with E-state index in [9.17, 15) is 28.0 Å². The Morgan fingerprint density at radius 1 is 0.500 bits per heavy atom. The Labute approximate surface area is 333 Å². The third kappa shape index (κ3) is 38.5. The molecule has 316 valence electrons. The molecular formula is C46H85NO6S. The molecule has 0 aromatic heterocycles. The van der Waals surface area contributed by atoms with E-state index in [-0.39, 0.29) is 6.42 Å². The highest BCUT2D eigenvalue weighted by atomic mass is 32.2. The van der Waals surface area contributed by atoms with Crippen molar-refractivity contribution < 1.29 is 28.0 Å². The Morgan fingerprint density at radius 2 is 0.833 bits per heavy atom. The summed E-state index contributed by atoms with van der Waals surface area (Å²) in [7, 11) is -4.46. The van der Waals surface area contributed by atoms with Crippen molar-refractivity contribution in [2.75, 3.05) is 5.75 Å². The summed E-state index contributed by atoms with van der Waals surface area (Å²) in [5.74, 6) is -1.57. The molecule has 0 heterocycles. The van der Waals surface area contributed by atoms with Gasteiger partial charge in [0, 0.05) is 0 Å².